The van der Waals surface area contributed by atoms with E-state index in [9.17, 15) is 8.78 Å². The summed E-state index contributed by atoms with van der Waals surface area (Å²) in [6.45, 7) is 4.05. The number of hydrogen-bond donors (Lipinski definition) is 0. The maximum absolute atomic E-state index is 13.9. The molecule has 0 aliphatic carbocycles. The van der Waals surface area contributed by atoms with E-state index in [0.717, 1.165) is 65.5 Å². The molecule has 1 saturated heterocycles. The fraction of sp³-hybridized carbons (Fsp3) is 0.237. The van der Waals surface area contributed by atoms with Gasteiger partial charge in [-0.05, 0) is 92.3 Å². The van der Waals surface area contributed by atoms with Gasteiger partial charge < -0.3 is 9.47 Å². The zero-order chi connectivity index (χ0) is 31.7. The number of halogens is 2. The van der Waals surface area contributed by atoms with Gasteiger partial charge in [-0.2, -0.15) is 5.10 Å². The van der Waals surface area contributed by atoms with Crippen LogP contribution in [0, 0.1) is 18.6 Å². The van der Waals surface area contributed by atoms with E-state index in [1.165, 1.54) is 29.8 Å². The van der Waals surface area contributed by atoms with E-state index in [1.807, 2.05) is 41.2 Å². The van der Waals surface area contributed by atoms with Gasteiger partial charge >= 0.3 is 0 Å². The van der Waals surface area contributed by atoms with Crippen LogP contribution < -0.4 is 0 Å². The Kier molecular flexibility index (Phi) is 10.2. The Bertz CT molecular complexity index is 1840. The molecule has 1 unspecified atom stereocenters. The van der Waals surface area contributed by atoms with Crippen LogP contribution in [-0.4, -0.2) is 39.3 Å². The number of ether oxygens (including phenoxy) is 2. The minimum Gasteiger partial charge on any atom is -0.353 e. The molecule has 6 nitrogen and oxygen atoms in total. The molecule has 6 aromatic rings. The second kappa shape index (κ2) is 15.0. The largest absolute Gasteiger partial charge is 0.353 e. The van der Waals surface area contributed by atoms with Crippen LogP contribution in [0.2, 0.25) is 0 Å². The monoisotopic (exact) mass is 618 g/mol. The van der Waals surface area contributed by atoms with Gasteiger partial charge in [0.15, 0.2) is 11.9 Å². The van der Waals surface area contributed by atoms with Crippen molar-refractivity contribution in [2.24, 2.45) is 0 Å². The minimum atomic E-state index is -0.325. The summed E-state index contributed by atoms with van der Waals surface area (Å²) >= 11 is 0. The summed E-state index contributed by atoms with van der Waals surface area (Å²) < 4.78 is 41.2. The first-order valence-electron chi connectivity index (χ1n) is 15.6. The predicted octanol–water partition coefficient (Wildman–Crippen LogP) is 9.03. The minimum absolute atomic E-state index is 0.122. The lowest BCUT2D eigenvalue weighted by Gasteiger charge is -2.22. The number of rotatable bonds is 8. The first kappa shape index (κ1) is 31.2. The van der Waals surface area contributed by atoms with Crippen LogP contribution in [0.4, 0.5) is 8.78 Å². The Morgan fingerprint density at radius 1 is 0.804 bits per heavy atom. The first-order valence-corrected chi connectivity index (χ1v) is 15.6. The number of benzene rings is 3. The molecule has 0 amide bonds. The Balaban J connectivity index is 0.000000471. The van der Waals surface area contributed by atoms with Crippen molar-refractivity contribution in [3.8, 4) is 33.5 Å². The Hall–Kier alpha value is -4.79. The van der Waals surface area contributed by atoms with Crippen molar-refractivity contribution in [1.29, 1.82) is 0 Å². The fourth-order valence-corrected chi connectivity index (χ4v) is 5.55. The van der Waals surface area contributed by atoms with Gasteiger partial charge in [-0.3, -0.25) is 9.67 Å². The summed E-state index contributed by atoms with van der Waals surface area (Å²) in [4.78, 5) is 9.16. The van der Waals surface area contributed by atoms with Crippen molar-refractivity contribution in [2.75, 3.05) is 13.2 Å². The van der Waals surface area contributed by atoms with E-state index in [2.05, 4.69) is 24.0 Å². The molecule has 7 rings (SSSR count). The lowest BCUT2D eigenvalue weighted by atomic mass is 9.90. The molecule has 1 aliphatic rings. The van der Waals surface area contributed by atoms with E-state index >= 15 is 0 Å². The highest BCUT2D eigenvalue weighted by atomic mass is 19.1. The third-order valence-electron chi connectivity index (χ3n) is 7.85. The molecule has 1 aliphatic heterocycles. The highest BCUT2D eigenvalue weighted by Gasteiger charge is 2.22. The third-order valence-corrected chi connectivity index (χ3v) is 7.85. The van der Waals surface area contributed by atoms with Crippen LogP contribution in [0.5, 0.6) is 0 Å². The van der Waals surface area contributed by atoms with Gasteiger partial charge in [0.05, 0.1) is 12.3 Å². The van der Waals surface area contributed by atoms with E-state index in [-0.39, 0.29) is 17.9 Å². The molecule has 0 spiro atoms. The number of hydrogen-bond acceptors (Lipinski definition) is 5. The molecule has 1 fully saturated rings. The normalized spacial score (nSPS) is 14.5. The maximum Gasteiger partial charge on any atom is 0.182 e. The summed E-state index contributed by atoms with van der Waals surface area (Å²) in [7, 11) is 0. The molecule has 0 N–H and O–H groups in total. The standard InChI is InChI=1S/C31H28F2N4O2.C7H8/c32-24-9-5-21(6-10-24)28-26-20-37(17-3-19-39-27-4-1-2-18-38-27)36-31(26)35-30(23-7-11-25(33)12-8-23)29(28)22-13-15-34-16-14-22;1-7-5-3-2-4-6-7/h5-16,20,27H,1-4,17-19H2;2-6H,1H3. The maximum atomic E-state index is 13.9. The van der Waals surface area contributed by atoms with Crippen molar-refractivity contribution in [3.63, 3.8) is 0 Å². The first-order chi connectivity index (χ1) is 22.5. The molecule has 0 bridgehead atoms. The number of nitrogens with zero attached hydrogens (tertiary/aromatic N) is 4. The van der Waals surface area contributed by atoms with Crippen molar-refractivity contribution in [3.05, 3.63) is 127 Å². The lowest BCUT2D eigenvalue weighted by molar-refractivity contribution is -0.163. The van der Waals surface area contributed by atoms with E-state index < -0.39 is 0 Å². The van der Waals surface area contributed by atoms with Gasteiger partial charge in [0, 0.05) is 53.8 Å². The van der Waals surface area contributed by atoms with Crippen molar-refractivity contribution in [1.82, 2.24) is 19.7 Å². The lowest BCUT2D eigenvalue weighted by Crippen LogP contribution is -2.23. The molecule has 234 valence electrons. The average Bonchev–Trinajstić information content (AvgIpc) is 3.51. The van der Waals surface area contributed by atoms with E-state index in [1.54, 1.807) is 36.7 Å². The van der Waals surface area contributed by atoms with Crippen molar-refractivity contribution < 1.29 is 18.3 Å². The molecule has 3 aromatic heterocycles. The second-order valence-electron chi connectivity index (χ2n) is 11.3. The van der Waals surface area contributed by atoms with E-state index in [0.29, 0.717) is 24.5 Å². The van der Waals surface area contributed by atoms with Gasteiger partial charge in [0.1, 0.15) is 11.6 Å². The average molecular weight is 619 g/mol. The highest BCUT2D eigenvalue weighted by molar-refractivity contribution is 6.05. The van der Waals surface area contributed by atoms with Crippen LogP contribution in [-0.2, 0) is 16.0 Å². The zero-order valence-corrected chi connectivity index (χ0v) is 25.8. The topological polar surface area (TPSA) is 62.1 Å². The summed E-state index contributed by atoms with van der Waals surface area (Å²) in [5.41, 5.74) is 6.75. The van der Waals surface area contributed by atoms with Gasteiger partial charge in [-0.15, -0.1) is 0 Å². The molecule has 46 heavy (non-hydrogen) atoms. The highest BCUT2D eigenvalue weighted by Crippen LogP contribution is 2.43. The van der Waals surface area contributed by atoms with Gasteiger partial charge in [-0.1, -0.05) is 48.0 Å². The zero-order valence-electron chi connectivity index (χ0n) is 25.8. The predicted molar refractivity (Wildman–Crippen MR) is 177 cm³/mol. The molecule has 4 heterocycles. The smallest absolute Gasteiger partial charge is 0.182 e. The molecule has 8 heteroatoms. The van der Waals surface area contributed by atoms with Crippen LogP contribution in [0.1, 0.15) is 31.2 Å². The van der Waals surface area contributed by atoms with Crippen molar-refractivity contribution >= 4 is 11.0 Å². The van der Waals surface area contributed by atoms with Crippen LogP contribution in [0.3, 0.4) is 0 Å². The van der Waals surface area contributed by atoms with Crippen LogP contribution >= 0.6 is 0 Å². The summed E-state index contributed by atoms with van der Waals surface area (Å²) in [5, 5.41) is 5.64. The van der Waals surface area contributed by atoms with Gasteiger partial charge in [0.2, 0.25) is 0 Å². The summed E-state index contributed by atoms with van der Waals surface area (Å²) in [6.07, 6.45) is 9.22. The second-order valence-corrected chi connectivity index (χ2v) is 11.3. The number of aromatic nitrogens is 4. The van der Waals surface area contributed by atoms with E-state index in [4.69, 9.17) is 19.6 Å². The SMILES string of the molecule is Cc1ccccc1.Fc1ccc(-c2nc3nn(CCCOC4CCCCO4)cc3c(-c3ccc(F)cc3)c2-c2ccncc2)cc1. The Labute approximate surface area is 267 Å². The number of fused-ring (bicyclic) bond motifs is 1. The van der Waals surface area contributed by atoms with Gasteiger partial charge in [0.25, 0.3) is 0 Å². The molecule has 1 atom stereocenters. The molecule has 0 radical (unpaired) electrons. The molecule has 3 aromatic carbocycles. The Morgan fingerprint density at radius 2 is 1.48 bits per heavy atom. The summed E-state index contributed by atoms with van der Waals surface area (Å²) in [6, 6.07) is 26.8. The third kappa shape index (κ3) is 7.70. The summed E-state index contributed by atoms with van der Waals surface area (Å²) in [5.74, 6) is -0.639. The van der Waals surface area contributed by atoms with Gasteiger partial charge in [-0.25, -0.2) is 13.8 Å². The number of pyridine rings is 2. The molecular weight excluding hydrogens is 582 g/mol. The number of aryl methyl sites for hydroxylation is 2. The van der Waals surface area contributed by atoms with Crippen LogP contribution in [0.25, 0.3) is 44.5 Å². The Morgan fingerprint density at radius 3 is 2.11 bits per heavy atom. The van der Waals surface area contributed by atoms with Crippen molar-refractivity contribution in [2.45, 2.75) is 45.4 Å². The quantitative estimate of drug-likeness (QED) is 0.159. The molecule has 0 saturated carbocycles. The fourth-order valence-electron chi connectivity index (χ4n) is 5.55. The molecular formula is C38H36F2N4O2. The van der Waals surface area contributed by atoms with Crippen LogP contribution in [0.15, 0.2) is 110 Å².